The van der Waals surface area contributed by atoms with Gasteiger partial charge in [-0.3, -0.25) is 19.6 Å². The van der Waals surface area contributed by atoms with Crippen LogP contribution in [0.2, 0.25) is 0 Å². The molecule has 3 aliphatic carbocycles. The Hall–Kier alpha value is -5.92. The van der Waals surface area contributed by atoms with E-state index >= 15 is 8.78 Å². The van der Waals surface area contributed by atoms with E-state index in [0.717, 1.165) is 72.3 Å². The minimum absolute atomic E-state index is 0.0385. The van der Waals surface area contributed by atoms with Gasteiger partial charge in [-0.15, -0.1) is 0 Å². The van der Waals surface area contributed by atoms with Crippen LogP contribution in [-0.2, 0) is 31.4 Å². The fourth-order valence-corrected chi connectivity index (χ4v) is 11.6. The number of rotatable bonds is 10. The lowest BCUT2D eigenvalue weighted by atomic mass is 9.90. The molecule has 2 saturated heterocycles. The van der Waals surface area contributed by atoms with Gasteiger partial charge in [0.15, 0.2) is 0 Å². The summed E-state index contributed by atoms with van der Waals surface area (Å²) in [5, 5.41) is 5.48. The number of nitrogens with one attached hydrogen (secondary N) is 2. The monoisotopic (exact) mass is 886 g/mol. The summed E-state index contributed by atoms with van der Waals surface area (Å²) in [6.45, 7) is 8.20. The first kappa shape index (κ1) is 43.0. The number of likely N-dealkylation sites (tertiary alicyclic amines) is 2. The van der Waals surface area contributed by atoms with E-state index in [1.165, 1.54) is 14.2 Å². The first-order valence-corrected chi connectivity index (χ1v) is 23.1. The first-order valence-electron chi connectivity index (χ1n) is 23.1. The van der Waals surface area contributed by atoms with Crippen molar-refractivity contribution in [1.29, 1.82) is 0 Å². The van der Waals surface area contributed by atoms with Crippen LogP contribution in [0.25, 0.3) is 27.8 Å². The lowest BCUT2D eigenvalue weighted by molar-refractivity contribution is -0.137. The molecule has 340 valence electrons. The van der Waals surface area contributed by atoms with Gasteiger partial charge >= 0.3 is 12.2 Å². The molecule has 4 heterocycles. The second kappa shape index (κ2) is 15.9. The second-order valence-corrected chi connectivity index (χ2v) is 20.0. The molecule has 14 heteroatoms. The molecule has 2 N–H and O–H groups in total. The molecule has 3 aromatic carbocycles. The van der Waals surface area contributed by atoms with Crippen molar-refractivity contribution >= 4 is 46.7 Å². The highest BCUT2D eigenvalue weighted by molar-refractivity contribution is 6.05. The smallest absolute Gasteiger partial charge is 0.407 e. The summed E-state index contributed by atoms with van der Waals surface area (Å²) in [5.74, 6) is -3.53. The molecular formula is C51H56F2N6O6. The van der Waals surface area contributed by atoms with Crippen LogP contribution in [0.1, 0.15) is 94.9 Å². The number of amides is 4. The Bertz CT molecular complexity index is 2620. The van der Waals surface area contributed by atoms with Crippen molar-refractivity contribution in [2.75, 3.05) is 20.8 Å². The van der Waals surface area contributed by atoms with Gasteiger partial charge in [-0.1, -0.05) is 58.0 Å². The van der Waals surface area contributed by atoms with E-state index < -0.39 is 30.2 Å². The van der Waals surface area contributed by atoms with Gasteiger partial charge in [0, 0.05) is 54.2 Å². The van der Waals surface area contributed by atoms with E-state index in [1.807, 2.05) is 67.8 Å². The Labute approximate surface area is 377 Å². The Morgan fingerprint density at radius 1 is 0.769 bits per heavy atom. The highest BCUT2D eigenvalue weighted by Crippen LogP contribution is 2.56. The van der Waals surface area contributed by atoms with E-state index in [0.29, 0.717) is 41.6 Å². The van der Waals surface area contributed by atoms with Gasteiger partial charge in [0.25, 0.3) is 5.92 Å². The third-order valence-corrected chi connectivity index (χ3v) is 15.3. The summed E-state index contributed by atoms with van der Waals surface area (Å²) in [6, 6.07) is 14.7. The molecule has 0 aromatic heterocycles. The summed E-state index contributed by atoms with van der Waals surface area (Å²) in [4.78, 5) is 66.2. The third-order valence-electron chi connectivity index (χ3n) is 15.3. The molecule has 1 spiro atoms. The zero-order valence-corrected chi connectivity index (χ0v) is 37.8. The largest absolute Gasteiger partial charge is 0.453 e. The number of allylic oxidation sites excluding steroid dienone is 1. The SMILES string of the molecule is COC(=O)N[C@H](C(=O)N1CC2(CC2)C[C@H]1C1=NC=C(c2ccc3c(c2)C(F)(F)c2cc(-c4ccc5c(c4)CC([C@@H]4[C@H]6CC[C@H](C6)N4C(=O)[C@@H](NC(=O)OC)C(C)C)=N5)ccc2-3)C1)C(C)C. The van der Waals surface area contributed by atoms with Crippen molar-refractivity contribution in [3.63, 3.8) is 0 Å². The van der Waals surface area contributed by atoms with Gasteiger partial charge < -0.3 is 29.9 Å². The first-order chi connectivity index (χ1) is 31.1. The number of hydrogen-bond donors (Lipinski definition) is 2. The number of alkyl halides is 2. The van der Waals surface area contributed by atoms with E-state index in [1.54, 1.807) is 30.5 Å². The molecule has 4 fully saturated rings. The maximum atomic E-state index is 16.7. The molecule has 6 atom stereocenters. The van der Waals surface area contributed by atoms with Crippen molar-refractivity contribution in [3.05, 3.63) is 83.1 Å². The number of piperidine rings is 1. The van der Waals surface area contributed by atoms with Crippen molar-refractivity contribution in [1.82, 2.24) is 20.4 Å². The Morgan fingerprint density at radius 3 is 2.03 bits per heavy atom. The van der Waals surface area contributed by atoms with Crippen LogP contribution in [0.3, 0.4) is 0 Å². The van der Waals surface area contributed by atoms with Gasteiger partial charge in [0.1, 0.15) is 12.1 Å². The van der Waals surface area contributed by atoms with Crippen LogP contribution in [0.4, 0.5) is 24.1 Å². The molecular weight excluding hydrogens is 831 g/mol. The summed E-state index contributed by atoms with van der Waals surface area (Å²) in [7, 11) is 2.57. The van der Waals surface area contributed by atoms with Crippen molar-refractivity contribution in [2.24, 2.45) is 33.2 Å². The number of halogens is 2. The molecule has 10 rings (SSSR count). The number of carbonyl (C=O) groups excluding carboxylic acids is 4. The zero-order chi connectivity index (χ0) is 45.7. The fraction of sp³-hybridized carbons (Fsp3) is 0.490. The summed E-state index contributed by atoms with van der Waals surface area (Å²) in [5.41, 5.74) is 7.52. The van der Waals surface area contributed by atoms with Crippen LogP contribution < -0.4 is 10.6 Å². The van der Waals surface area contributed by atoms with Crippen LogP contribution in [0.15, 0.2) is 70.8 Å². The normalized spacial score (nSPS) is 24.6. The molecule has 0 radical (unpaired) electrons. The molecule has 2 saturated carbocycles. The molecule has 2 bridgehead atoms. The van der Waals surface area contributed by atoms with E-state index in [-0.39, 0.29) is 64.2 Å². The van der Waals surface area contributed by atoms with Gasteiger partial charge in [0.2, 0.25) is 11.8 Å². The Balaban J connectivity index is 0.846. The maximum absolute atomic E-state index is 16.7. The van der Waals surface area contributed by atoms with Crippen LogP contribution in [0.5, 0.6) is 0 Å². The molecule has 12 nitrogen and oxygen atoms in total. The summed E-state index contributed by atoms with van der Waals surface area (Å²) >= 11 is 0. The average Bonchev–Trinajstić information content (AvgIpc) is 3.95. The standard InChI is InChI=1S/C51H56F2N6O6/c1-26(2)43(56-48(62)64-5)46(60)58-25-50(15-16-50)23-42(58)40-22-33(24-54-40)30-9-13-36-35-12-8-29(19-37(35)51(52,53)38(36)20-30)28-10-14-39-32(17-28)21-41(55-39)45-31-7-11-34(18-31)59(45)47(61)44(27(3)4)57-49(63)65-6/h8-10,12-14,17,19-20,24,26-27,31,34,42-45H,7,11,15-16,18,21-23,25H2,1-6H3,(H,56,62)(H,57,63)/t31-,34+,42-,43-,44-,45-/m0/s1. The van der Waals surface area contributed by atoms with Gasteiger partial charge in [-0.2, -0.15) is 8.78 Å². The number of fused-ring (bicyclic) bond motifs is 6. The molecule has 4 aliphatic heterocycles. The van der Waals surface area contributed by atoms with Gasteiger partial charge in [-0.05, 0) is 125 Å². The fourth-order valence-electron chi connectivity index (χ4n) is 11.6. The predicted molar refractivity (Wildman–Crippen MR) is 243 cm³/mol. The number of methoxy groups -OCH3 is 2. The number of benzene rings is 3. The minimum Gasteiger partial charge on any atom is -0.453 e. The van der Waals surface area contributed by atoms with E-state index in [9.17, 15) is 19.2 Å². The molecule has 7 aliphatic rings. The van der Waals surface area contributed by atoms with Crippen LogP contribution in [0, 0.1) is 23.2 Å². The maximum Gasteiger partial charge on any atom is 0.407 e. The predicted octanol–water partition coefficient (Wildman–Crippen LogP) is 8.81. The third kappa shape index (κ3) is 7.31. The number of carbonyl (C=O) groups is 4. The number of ether oxygens (including phenoxy) is 2. The molecule has 3 aromatic rings. The minimum atomic E-state index is -3.24. The van der Waals surface area contributed by atoms with Crippen LogP contribution in [-0.4, -0.2) is 96.2 Å². The van der Waals surface area contributed by atoms with Gasteiger partial charge in [-0.25, -0.2) is 9.59 Å². The molecule has 4 amide bonds. The number of alkyl carbamates (subject to hydrolysis) is 2. The molecule has 0 unspecified atom stereocenters. The van der Waals surface area contributed by atoms with Crippen molar-refractivity contribution in [3.8, 4) is 22.3 Å². The second-order valence-electron chi connectivity index (χ2n) is 20.0. The number of nitrogens with zero attached hydrogens (tertiary/aromatic N) is 4. The molecule has 65 heavy (non-hydrogen) atoms. The highest BCUT2D eigenvalue weighted by Gasteiger charge is 2.56. The number of hydrogen-bond acceptors (Lipinski definition) is 8. The van der Waals surface area contributed by atoms with Crippen LogP contribution >= 0.6 is 0 Å². The highest BCUT2D eigenvalue weighted by atomic mass is 19.3. The summed E-state index contributed by atoms with van der Waals surface area (Å²) in [6.07, 6.45) is 7.14. The van der Waals surface area contributed by atoms with E-state index in [4.69, 9.17) is 19.5 Å². The van der Waals surface area contributed by atoms with E-state index in [2.05, 4.69) is 10.6 Å². The topological polar surface area (TPSA) is 142 Å². The lowest BCUT2D eigenvalue weighted by Crippen LogP contribution is -2.57. The average molecular weight is 887 g/mol. The Morgan fingerprint density at radius 2 is 1.38 bits per heavy atom. The Kier molecular flexibility index (Phi) is 10.5. The summed E-state index contributed by atoms with van der Waals surface area (Å²) < 4.78 is 43.1. The van der Waals surface area contributed by atoms with Gasteiger partial charge in [0.05, 0.1) is 32.0 Å². The quantitative estimate of drug-likeness (QED) is 0.209. The zero-order valence-electron chi connectivity index (χ0n) is 37.8. The lowest BCUT2D eigenvalue weighted by Gasteiger charge is -2.38. The van der Waals surface area contributed by atoms with Crippen molar-refractivity contribution in [2.45, 2.75) is 115 Å². The van der Waals surface area contributed by atoms with Crippen molar-refractivity contribution < 1.29 is 37.4 Å². The number of aliphatic imine (C=N–C) groups is 2.